The van der Waals surface area contributed by atoms with Gasteiger partial charge in [0.05, 0.1) is 0 Å². The maximum absolute atomic E-state index is 13.6. The number of nitrogens with one attached hydrogen (secondary N) is 1. The van der Waals surface area contributed by atoms with E-state index in [2.05, 4.69) is 61.2 Å². The molecule has 1 aromatic heterocycles. The van der Waals surface area contributed by atoms with E-state index in [0.29, 0.717) is 5.92 Å². The van der Waals surface area contributed by atoms with Crippen molar-refractivity contribution in [1.82, 2.24) is 9.88 Å². The number of H-pyrrole nitrogens is 1. The summed E-state index contributed by atoms with van der Waals surface area (Å²) in [4.78, 5) is 6.02. The van der Waals surface area contributed by atoms with E-state index >= 15 is 0 Å². The molecule has 0 atom stereocenters. The number of rotatable bonds is 4. The Hall–Kier alpha value is -2.13. The van der Waals surface area contributed by atoms with Crippen molar-refractivity contribution in [2.75, 3.05) is 14.1 Å². The first-order valence-corrected chi connectivity index (χ1v) is 9.98. The lowest BCUT2D eigenvalue weighted by atomic mass is 9.71. The summed E-state index contributed by atoms with van der Waals surface area (Å²) >= 11 is 0. The number of benzene rings is 2. The van der Waals surface area contributed by atoms with Gasteiger partial charge in [-0.3, -0.25) is 0 Å². The Morgan fingerprint density at radius 1 is 1.07 bits per heavy atom. The number of nitrogens with zero attached hydrogens (tertiary/aromatic N) is 1. The maximum atomic E-state index is 13.6. The van der Waals surface area contributed by atoms with Gasteiger partial charge < -0.3 is 9.88 Å². The van der Waals surface area contributed by atoms with Crippen molar-refractivity contribution in [1.29, 1.82) is 0 Å². The molecule has 0 saturated heterocycles. The highest BCUT2D eigenvalue weighted by atomic mass is 19.1. The summed E-state index contributed by atoms with van der Waals surface area (Å²) in [5.41, 5.74) is 5.22. The molecule has 0 unspecified atom stereocenters. The fourth-order valence-electron chi connectivity index (χ4n) is 4.93. The molecule has 0 aliphatic heterocycles. The number of hydrogen-bond acceptors (Lipinski definition) is 1. The molecule has 1 heterocycles. The van der Waals surface area contributed by atoms with Gasteiger partial charge in [-0.05, 0) is 88.4 Å². The molecule has 27 heavy (non-hydrogen) atoms. The van der Waals surface area contributed by atoms with Crippen LogP contribution in [-0.2, 0) is 6.42 Å². The van der Waals surface area contributed by atoms with Crippen molar-refractivity contribution in [3.05, 3.63) is 71.2 Å². The fraction of sp³-hybridized carbons (Fsp3) is 0.417. The molecule has 0 amide bonds. The summed E-state index contributed by atoms with van der Waals surface area (Å²) in [5.74, 6) is 0.374. The summed E-state index contributed by atoms with van der Waals surface area (Å²) < 4.78 is 13.6. The van der Waals surface area contributed by atoms with Crippen molar-refractivity contribution in [3.63, 3.8) is 0 Å². The molecule has 2 nitrogen and oxygen atoms in total. The summed E-state index contributed by atoms with van der Waals surface area (Å²) in [5, 5.41) is 1.03. The highest BCUT2D eigenvalue weighted by molar-refractivity contribution is 5.84. The Bertz CT molecular complexity index is 918. The number of halogens is 1. The quantitative estimate of drug-likeness (QED) is 0.618. The van der Waals surface area contributed by atoms with Gasteiger partial charge in [0.1, 0.15) is 5.82 Å². The molecule has 4 rings (SSSR count). The van der Waals surface area contributed by atoms with Gasteiger partial charge in [-0.1, -0.05) is 30.3 Å². The molecule has 1 N–H and O–H groups in total. The smallest absolute Gasteiger partial charge is 0.123 e. The number of fused-ring (bicyclic) bond motifs is 1. The van der Waals surface area contributed by atoms with Crippen LogP contribution in [0.4, 0.5) is 4.39 Å². The zero-order valence-electron chi connectivity index (χ0n) is 16.6. The molecular formula is C24H29FN2. The third-order valence-corrected chi connectivity index (χ3v) is 6.71. The molecule has 1 saturated carbocycles. The molecule has 1 fully saturated rings. The molecule has 0 spiro atoms. The standard InChI is InChI=1S/C24H29FN2/c1-17-21-15-20(25)9-10-22(21)26-23(17)19-11-13-24(14-12-19,27(2)3)16-18-7-5-4-6-8-18/h4-10,15,19,26H,11-14,16H2,1-3H3/t19-,24-. The largest absolute Gasteiger partial charge is 0.358 e. The predicted molar refractivity (Wildman–Crippen MR) is 111 cm³/mol. The van der Waals surface area contributed by atoms with Crippen molar-refractivity contribution in [2.24, 2.45) is 0 Å². The number of likely N-dealkylation sites (N-methyl/N-ethyl adjacent to an activating group) is 1. The van der Waals surface area contributed by atoms with Crippen molar-refractivity contribution >= 4 is 10.9 Å². The molecule has 3 aromatic rings. The lowest BCUT2D eigenvalue weighted by Gasteiger charge is -2.45. The van der Waals surface area contributed by atoms with Crippen molar-refractivity contribution < 1.29 is 4.39 Å². The van der Waals surface area contributed by atoms with Crippen LogP contribution in [-0.4, -0.2) is 29.5 Å². The normalized spacial score (nSPS) is 23.2. The number of aromatic amines is 1. The van der Waals surface area contributed by atoms with E-state index in [1.54, 1.807) is 12.1 Å². The molecule has 0 bridgehead atoms. The van der Waals surface area contributed by atoms with Crippen LogP contribution in [0.2, 0.25) is 0 Å². The topological polar surface area (TPSA) is 19.0 Å². The van der Waals surface area contributed by atoms with Gasteiger partial charge in [0, 0.05) is 22.1 Å². The highest BCUT2D eigenvalue weighted by Crippen LogP contribution is 2.43. The molecule has 3 heteroatoms. The van der Waals surface area contributed by atoms with E-state index in [1.807, 2.05) is 6.07 Å². The second-order valence-electron chi connectivity index (χ2n) is 8.41. The van der Waals surface area contributed by atoms with Gasteiger partial charge in [0.25, 0.3) is 0 Å². The number of aromatic nitrogens is 1. The maximum Gasteiger partial charge on any atom is 0.123 e. The lowest BCUT2D eigenvalue weighted by Crippen LogP contribution is -2.48. The van der Waals surface area contributed by atoms with Crippen molar-refractivity contribution in [2.45, 2.75) is 50.5 Å². The third-order valence-electron chi connectivity index (χ3n) is 6.71. The summed E-state index contributed by atoms with van der Waals surface area (Å²) in [7, 11) is 4.44. The average molecular weight is 365 g/mol. The molecular weight excluding hydrogens is 335 g/mol. The van der Waals surface area contributed by atoms with E-state index in [0.717, 1.165) is 17.3 Å². The van der Waals surface area contributed by atoms with Crippen LogP contribution >= 0.6 is 0 Å². The van der Waals surface area contributed by atoms with E-state index < -0.39 is 0 Å². The van der Waals surface area contributed by atoms with Gasteiger partial charge in [-0.25, -0.2) is 4.39 Å². The van der Waals surface area contributed by atoms with Crippen molar-refractivity contribution in [3.8, 4) is 0 Å². The summed E-state index contributed by atoms with van der Waals surface area (Å²) in [6.07, 6.45) is 5.80. The van der Waals surface area contributed by atoms with E-state index in [1.165, 1.54) is 42.5 Å². The second kappa shape index (κ2) is 7.12. The van der Waals surface area contributed by atoms with Gasteiger partial charge in [-0.2, -0.15) is 0 Å². The zero-order valence-corrected chi connectivity index (χ0v) is 16.6. The van der Waals surface area contributed by atoms with Crippen LogP contribution in [0.5, 0.6) is 0 Å². The number of hydrogen-bond donors (Lipinski definition) is 1. The second-order valence-corrected chi connectivity index (χ2v) is 8.41. The highest BCUT2D eigenvalue weighted by Gasteiger charge is 2.38. The SMILES string of the molecule is Cc1c2cc(F)ccc2[nH]c1[C@H]1CC[C@](Cc2ccccc2)(N(C)C)CC1. The Morgan fingerprint density at radius 2 is 1.78 bits per heavy atom. The fourth-order valence-corrected chi connectivity index (χ4v) is 4.93. The molecule has 2 aromatic carbocycles. The van der Waals surface area contributed by atoms with Crippen LogP contribution in [0.15, 0.2) is 48.5 Å². The molecule has 0 radical (unpaired) electrons. The monoisotopic (exact) mass is 364 g/mol. The van der Waals surface area contributed by atoms with Gasteiger partial charge in [-0.15, -0.1) is 0 Å². The zero-order chi connectivity index (χ0) is 19.0. The van der Waals surface area contributed by atoms with Gasteiger partial charge >= 0.3 is 0 Å². The predicted octanol–water partition coefficient (Wildman–Crippen LogP) is 5.82. The minimum absolute atomic E-state index is 0.158. The molecule has 1 aliphatic carbocycles. The first kappa shape index (κ1) is 18.2. The Kier molecular flexibility index (Phi) is 4.81. The number of aryl methyl sites for hydroxylation is 1. The van der Waals surface area contributed by atoms with Crippen LogP contribution in [0.1, 0.15) is 48.4 Å². The summed E-state index contributed by atoms with van der Waals surface area (Å²) in [6, 6.07) is 15.9. The van der Waals surface area contributed by atoms with E-state index in [9.17, 15) is 4.39 Å². The summed E-state index contributed by atoms with van der Waals surface area (Å²) in [6.45, 7) is 2.13. The van der Waals surface area contributed by atoms with E-state index in [-0.39, 0.29) is 11.4 Å². The minimum atomic E-state index is -0.158. The van der Waals surface area contributed by atoms with Crippen LogP contribution in [0.25, 0.3) is 10.9 Å². The van der Waals surface area contributed by atoms with Gasteiger partial charge in [0.2, 0.25) is 0 Å². The Morgan fingerprint density at radius 3 is 2.44 bits per heavy atom. The van der Waals surface area contributed by atoms with Crippen LogP contribution < -0.4 is 0 Å². The minimum Gasteiger partial charge on any atom is -0.358 e. The van der Waals surface area contributed by atoms with Gasteiger partial charge in [0.15, 0.2) is 0 Å². The lowest BCUT2D eigenvalue weighted by molar-refractivity contribution is 0.0920. The Balaban J connectivity index is 1.56. The Labute approximate surface area is 161 Å². The molecule has 142 valence electrons. The van der Waals surface area contributed by atoms with Crippen LogP contribution in [0, 0.1) is 12.7 Å². The molecule has 1 aliphatic rings. The third kappa shape index (κ3) is 3.41. The average Bonchev–Trinajstić information content (AvgIpc) is 2.99. The van der Waals surface area contributed by atoms with Crippen LogP contribution in [0.3, 0.4) is 0 Å². The first-order valence-electron chi connectivity index (χ1n) is 9.98. The first-order chi connectivity index (χ1) is 13.0. The van der Waals surface area contributed by atoms with E-state index in [4.69, 9.17) is 0 Å².